The van der Waals surface area contributed by atoms with Crippen molar-refractivity contribution in [1.82, 2.24) is 10.6 Å². The molecule has 0 aromatic rings. The number of hydrogen-bond acceptors (Lipinski definition) is 2. The second-order valence-electron chi connectivity index (χ2n) is 4.03. The van der Waals surface area contributed by atoms with Gasteiger partial charge in [-0.15, -0.1) is 0 Å². The zero-order valence-corrected chi connectivity index (χ0v) is 9.89. The van der Waals surface area contributed by atoms with Crippen LogP contribution in [0.5, 0.6) is 0 Å². The van der Waals surface area contributed by atoms with E-state index in [4.69, 9.17) is 0 Å². The van der Waals surface area contributed by atoms with Crippen molar-refractivity contribution in [2.75, 3.05) is 13.6 Å². The molecule has 0 aromatic carbocycles. The normalized spacial score (nSPS) is 12.9. The Bertz CT molecular complexity index is 157. The van der Waals surface area contributed by atoms with Crippen molar-refractivity contribution in [3.05, 3.63) is 0 Å². The third-order valence-electron chi connectivity index (χ3n) is 2.42. The lowest BCUT2D eigenvalue weighted by molar-refractivity contribution is -0.122. The Balaban J connectivity index is 3.68. The van der Waals surface area contributed by atoms with Crippen molar-refractivity contribution >= 4 is 5.91 Å². The topological polar surface area (TPSA) is 41.1 Å². The molecule has 0 rings (SSSR count). The Hall–Kier alpha value is -0.570. The standard InChI is InChI=1S/C11H24N2O/c1-5-10(9(2)3)13-11(14)7-6-8-12-4/h9-10,12H,5-8H2,1-4H3,(H,13,14). The van der Waals surface area contributed by atoms with Gasteiger partial charge < -0.3 is 10.6 Å². The average molecular weight is 200 g/mol. The van der Waals surface area contributed by atoms with Crippen LogP contribution in [0.25, 0.3) is 0 Å². The minimum atomic E-state index is 0.181. The maximum atomic E-state index is 11.5. The smallest absolute Gasteiger partial charge is 0.220 e. The largest absolute Gasteiger partial charge is 0.353 e. The van der Waals surface area contributed by atoms with Gasteiger partial charge >= 0.3 is 0 Å². The molecule has 0 saturated heterocycles. The summed E-state index contributed by atoms with van der Waals surface area (Å²) in [5, 5.41) is 6.09. The van der Waals surface area contributed by atoms with Crippen LogP contribution in [0.2, 0.25) is 0 Å². The van der Waals surface area contributed by atoms with Crippen molar-refractivity contribution in [3.8, 4) is 0 Å². The van der Waals surface area contributed by atoms with Gasteiger partial charge in [-0.3, -0.25) is 4.79 Å². The maximum Gasteiger partial charge on any atom is 0.220 e. The molecule has 0 radical (unpaired) electrons. The predicted molar refractivity (Wildman–Crippen MR) is 60.2 cm³/mol. The molecule has 0 heterocycles. The molecular formula is C11H24N2O. The Labute approximate surface area is 87.6 Å². The van der Waals surface area contributed by atoms with Gasteiger partial charge in [0, 0.05) is 12.5 Å². The predicted octanol–water partition coefficient (Wildman–Crippen LogP) is 1.54. The summed E-state index contributed by atoms with van der Waals surface area (Å²) in [6, 6.07) is 0.331. The van der Waals surface area contributed by atoms with Crippen LogP contribution in [-0.4, -0.2) is 25.5 Å². The Morgan fingerprint density at radius 2 is 2.00 bits per heavy atom. The van der Waals surface area contributed by atoms with E-state index in [1.54, 1.807) is 0 Å². The molecule has 1 unspecified atom stereocenters. The first-order chi connectivity index (χ1) is 6.61. The molecule has 0 aliphatic rings. The number of hydrogen-bond donors (Lipinski definition) is 2. The summed E-state index contributed by atoms with van der Waals surface area (Å²) in [6.07, 6.45) is 2.55. The number of nitrogens with one attached hydrogen (secondary N) is 2. The summed E-state index contributed by atoms with van der Waals surface area (Å²) < 4.78 is 0. The Kier molecular flexibility index (Phi) is 7.48. The lowest BCUT2D eigenvalue weighted by Gasteiger charge is -2.20. The molecule has 0 aliphatic carbocycles. The molecule has 2 N–H and O–H groups in total. The SMILES string of the molecule is CCC(NC(=O)CCCNC)C(C)C. The van der Waals surface area contributed by atoms with E-state index in [-0.39, 0.29) is 5.91 Å². The van der Waals surface area contributed by atoms with Crippen molar-refractivity contribution in [1.29, 1.82) is 0 Å². The minimum Gasteiger partial charge on any atom is -0.353 e. The van der Waals surface area contributed by atoms with E-state index in [9.17, 15) is 4.79 Å². The van der Waals surface area contributed by atoms with Crippen LogP contribution in [0.15, 0.2) is 0 Å². The van der Waals surface area contributed by atoms with E-state index in [0.29, 0.717) is 18.4 Å². The van der Waals surface area contributed by atoms with Crippen LogP contribution in [0.1, 0.15) is 40.0 Å². The first-order valence-electron chi connectivity index (χ1n) is 5.55. The second kappa shape index (κ2) is 7.80. The van der Waals surface area contributed by atoms with Gasteiger partial charge in [-0.25, -0.2) is 0 Å². The van der Waals surface area contributed by atoms with Crippen LogP contribution in [-0.2, 0) is 4.79 Å². The number of rotatable bonds is 7. The van der Waals surface area contributed by atoms with Crippen molar-refractivity contribution in [3.63, 3.8) is 0 Å². The molecule has 0 fully saturated rings. The number of carbonyl (C=O) groups is 1. The minimum absolute atomic E-state index is 0.181. The van der Waals surface area contributed by atoms with E-state index >= 15 is 0 Å². The molecule has 3 nitrogen and oxygen atoms in total. The summed E-state index contributed by atoms with van der Waals surface area (Å²) >= 11 is 0. The quantitative estimate of drug-likeness (QED) is 0.612. The first-order valence-corrected chi connectivity index (χ1v) is 5.55. The number of amides is 1. The highest BCUT2D eigenvalue weighted by Gasteiger charge is 2.13. The van der Waals surface area contributed by atoms with Gasteiger partial charge in [0.1, 0.15) is 0 Å². The van der Waals surface area contributed by atoms with E-state index in [1.165, 1.54) is 0 Å². The molecule has 1 atom stereocenters. The van der Waals surface area contributed by atoms with Crippen LogP contribution in [0.4, 0.5) is 0 Å². The Morgan fingerprint density at radius 3 is 2.43 bits per heavy atom. The summed E-state index contributed by atoms with van der Waals surface area (Å²) in [5.41, 5.74) is 0. The fraction of sp³-hybridized carbons (Fsp3) is 0.909. The van der Waals surface area contributed by atoms with Gasteiger partial charge in [0.05, 0.1) is 0 Å². The van der Waals surface area contributed by atoms with Crippen LogP contribution in [0, 0.1) is 5.92 Å². The van der Waals surface area contributed by atoms with Crippen LogP contribution >= 0.6 is 0 Å². The van der Waals surface area contributed by atoms with Crippen LogP contribution < -0.4 is 10.6 Å². The molecule has 84 valence electrons. The van der Waals surface area contributed by atoms with Gasteiger partial charge in [-0.05, 0) is 32.4 Å². The molecular weight excluding hydrogens is 176 g/mol. The van der Waals surface area contributed by atoms with Gasteiger partial charge in [-0.1, -0.05) is 20.8 Å². The van der Waals surface area contributed by atoms with Crippen molar-refractivity contribution in [2.45, 2.75) is 46.1 Å². The molecule has 0 bridgehead atoms. The summed E-state index contributed by atoms with van der Waals surface area (Å²) in [5.74, 6) is 0.703. The average Bonchev–Trinajstić information content (AvgIpc) is 2.14. The van der Waals surface area contributed by atoms with E-state index in [2.05, 4.69) is 31.4 Å². The van der Waals surface area contributed by atoms with Gasteiger partial charge in [0.15, 0.2) is 0 Å². The fourth-order valence-corrected chi connectivity index (χ4v) is 1.44. The van der Waals surface area contributed by atoms with Gasteiger partial charge in [0.25, 0.3) is 0 Å². The summed E-state index contributed by atoms with van der Waals surface area (Å²) in [4.78, 5) is 11.5. The van der Waals surface area contributed by atoms with Crippen molar-refractivity contribution < 1.29 is 4.79 Å². The number of carbonyl (C=O) groups excluding carboxylic acids is 1. The van der Waals surface area contributed by atoms with Crippen LogP contribution in [0.3, 0.4) is 0 Å². The zero-order chi connectivity index (χ0) is 11.0. The summed E-state index contributed by atoms with van der Waals surface area (Å²) in [6.45, 7) is 7.30. The monoisotopic (exact) mass is 200 g/mol. The van der Waals surface area contributed by atoms with Gasteiger partial charge in [0.2, 0.25) is 5.91 Å². The highest BCUT2D eigenvalue weighted by Crippen LogP contribution is 2.05. The highest BCUT2D eigenvalue weighted by atomic mass is 16.1. The molecule has 0 saturated carbocycles. The fourth-order valence-electron chi connectivity index (χ4n) is 1.44. The lowest BCUT2D eigenvalue weighted by Crippen LogP contribution is -2.38. The molecule has 3 heteroatoms. The molecule has 0 spiro atoms. The molecule has 0 aliphatic heterocycles. The van der Waals surface area contributed by atoms with Gasteiger partial charge in [-0.2, -0.15) is 0 Å². The van der Waals surface area contributed by atoms with E-state index in [0.717, 1.165) is 19.4 Å². The third kappa shape index (κ3) is 5.97. The molecule has 14 heavy (non-hydrogen) atoms. The summed E-state index contributed by atoms with van der Waals surface area (Å²) in [7, 11) is 1.90. The zero-order valence-electron chi connectivity index (χ0n) is 9.89. The highest BCUT2D eigenvalue weighted by molar-refractivity contribution is 5.76. The molecule has 0 aromatic heterocycles. The maximum absolute atomic E-state index is 11.5. The van der Waals surface area contributed by atoms with Crippen molar-refractivity contribution in [2.24, 2.45) is 5.92 Å². The lowest BCUT2D eigenvalue weighted by atomic mass is 10.0. The van der Waals surface area contributed by atoms with E-state index in [1.807, 2.05) is 7.05 Å². The van der Waals surface area contributed by atoms with E-state index < -0.39 is 0 Å². The third-order valence-corrected chi connectivity index (χ3v) is 2.42. The first kappa shape index (κ1) is 13.4. The molecule has 1 amide bonds. The Morgan fingerprint density at radius 1 is 1.36 bits per heavy atom. The second-order valence-corrected chi connectivity index (χ2v) is 4.03.